The molecule has 0 unspecified atom stereocenters. The van der Waals surface area contributed by atoms with E-state index in [0.717, 1.165) is 23.6 Å². The number of aryl methyl sites for hydroxylation is 1. The van der Waals surface area contributed by atoms with Gasteiger partial charge in [-0.15, -0.1) is 0 Å². The van der Waals surface area contributed by atoms with Crippen molar-refractivity contribution in [2.45, 2.75) is 40.2 Å². The maximum Gasteiger partial charge on any atom is 0.238 e. The number of nitrogens with zero attached hydrogens (tertiary/aromatic N) is 2. The standard InChI is InChI=1S/C17H23N3O/c1-5-18-9-15-10-19-11-17(20-15)21-16-8-14(12(2)3)7-6-13(16)4/h6-8,10-12,18H,5,9H2,1-4H3. The topological polar surface area (TPSA) is 47.0 Å². The maximum absolute atomic E-state index is 5.92. The van der Waals surface area contributed by atoms with Gasteiger partial charge in [0.1, 0.15) is 5.75 Å². The Bertz CT molecular complexity index is 596. The van der Waals surface area contributed by atoms with Gasteiger partial charge in [0.2, 0.25) is 5.88 Å². The van der Waals surface area contributed by atoms with Crippen LogP contribution in [0.4, 0.5) is 0 Å². The van der Waals surface area contributed by atoms with Gasteiger partial charge in [-0.05, 0) is 36.6 Å². The predicted molar refractivity (Wildman–Crippen MR) is 84.8 cm³/mol. The molecule has 0 saturated heterocycles. The highest BCUT2D eigenvalue weighted by Crippen LogP contribution is 2.27. The highest BCUT2D eigenvalue weighted by molar-refractivity contribution is 5.39. The van der Waals surface area contributed by atoms with E-state index in [2.05, 4.69) is 54.3 Å². The first-order chi connectivity index (χ1) is 10.1. The zero-order valence-corrected chi connectivity index (χ0v) is 13.2. The van der Waals surface area contributed by atoms with Crippen LogP contribution in [0.3, 0.4) is 0 Å². The van der Waals surface area contributed by atoms with Crippen molar-refractivity contribution in [2.75, 3.05) is 6.54 Å². The largest absolute Gasteiger partial charge is 0.437 e. The fourth-order valence-electron chi connectivity index (χ4n) is 1.97. The van der Waals surface area contributed by atoms with E-state index < -0.39 is 0 Å². The number of hydrogen-bond acceptors (Lipinski definition) is 4. The van der Waals surface area contributed by atoms with Crippen LogP contribution in [0.15, 0.2) is 30.6 Å². The third-order valence-corrected chi connectivity index (χ3v) is 3.31. The molecule has 1 aromatic heterocycles. The molecule has 4 nitrogen and oxygen atoms in total. The molecule has 0 aliphatic rings. The molecule has 1 heterocycles. The SMILES string of the molecule is CCNCc1cncc(Oc2cc(C(C)C)ccc2C)n1. The van der Waals surface area contributed by atoms with Crippen LogP contribution in [0.5, 0.6) is 11.6 Å². The highest BCUT2D eigenvalue weighted by Gasteiger charge is 2.07. The first kappa shape index (κ1) is 15.4. The van der Waals surface area contributed by atoms with Crippen LogP contribution in [0.1, 0.15) is 43.5 Å². The van der Waals surface area contributed by atoms with Crippen molar-refractivity contribution in [3.05, 3.63) is 47.4 Å². The summed E-state index contributed by atoms with van der Waals surface area (Å²) in [5.41, 5.74) is 3.23. The Morgan fingerprint density at radius 2 is 2.05 bits per heavy atom. The number of aromatic nitrogens is 2. The molecule has 0 aliphatic heterocycles. The minimum Gasteiger partial charge on any atom is -0.437 e. The first-order valence-corrected chi connectivity index (χ1v) is 7.40. The zero-order valence-electron chi connectivity index (χ0n) is 13.2. The lowest BCUT2D eigenvalue weighted by atomic mass is 10.0. The molecule has 0 spiro atoms. The molecule has 2 rings (SSSR count). The molecule has 4 heteroatoms. The maximum atomic E-state index is 5.92. The van der Waals surface area contributed by atoms with E-state index >= 15 is 0 Å². The minimum absolute atomic E-state index is 0.471. The molecule has 0 fully saturated rings. The average molecular weight is 285 g/mol. The van der Waals surface area contributed by atoms with Crippen LogP contribution in [0.2, 0.25) is 0 Å². The van der Waals surface area contributed by atoms with E-state index in [1.54, 1.807) is 12.4 Å². The van der Waals surface area contributed by atoms with Crippen LogP contribution in [0, 0.1) is 6.92 Å². The molecule has 2 aromatic rings. The van der Waals surface area contributed by atoms with Gasteiger partial charge in [-0.1, -0.05) is 32.9 Å². The average Bonchev–Trinajstić information content (AvgIpc) is 2.47. The molecule has 0 aliphatic carbocycles. The predicted octanol–water partition coefficient (Wildman–Crippen LogP) is 3.81. The van der Waals surface area contributed by atoms with Crippen LogP contribution < -0.4 is 10.1 Å². The van der Waals surface area contributed by atoms with Gasteiger partial charge in [0.05, 0.1) is 11.9 Å². The molecule has 0 amide bonds. The summed E-state index contributed by atoms with van der Waals surface area (Å²) in [5.74, 6) is 1.85. The lowest BCUT2D eigenvalue weighted by Gasteiger charge is -2.12. The molecule has 0 saturated carbocycles. The molecule has 0 bridgehead atoms. The van der Waals surface area contributed by atoms with Gasteiger partial charge in [-0.2, -0.15) is 0 Å². The summed E-state index contributed by atoms with van der Waals surface area (Å²) in [6.07, 6.45) is 3.41. The van der Waals surface area contributed by atoms with E-state index in [1.165, 1.54) is 5.56 Å². The Kier molecular flexibility index (Phi) is 5.28. The number of hydrogen-bond donors (Lipinski definition) is 1. The van der Waals surface area contributed by atoms with Crippen molar-refractivity contribution >= 4 is 0 Å². The second kappa shape index (κ2) is 7.18. The fraction of sp³-hybridized carbons (Fsp3) is 0.412. The van der Waals surface area contributed by atoms with Gasteiger partial charge in [0.25, 0.3) is 0 Å². The Hall–Kier alpha value is -1.94. The van der Waals surface area contributed by atoms with Crippen LogP contribution >= 0.6 is 0 Å². The Labute approximate surface area is 126 Å². The number of rotatable bonds is 6. The lowest BCUT2D eigenvalue weighted by molar-refractivity contribution is 0.452. The van der Waals surface area contributed by atoms with E-state index in [0.29, 0.717) is 18.3 Å². The van der Waals surface area contributed by atoms with Gasteiger partial charge >= 0.3 is 0 Å². The fourth-order valence-corrected chi connectivity index (χ4v) is 1.97. The smallest absolute Gasteiger partial charge is 0.238 e. The van der Waals surface area contributed by atoms with Gasteiger partial charge in [0, 0.05) is 12.7 Å². The van der Waals surface area contributed by atoms with E-state index in [4.69, 9.17) is 4.74 Å². The quantitative estimate of drug-likeness (QED) is 0.876. The Morgan fingerprint density at radius 1 is 1.24 bits per heavy atom. The normalized spacial score (nSPS) is 10.9. The zero-order chi connectivity index (χ0) is 15.2. The van der Waals surface area contributed by atoms with Crippen molar-refractivity contribution in [1.82, 2.24) is 15.3 Å². The molecular formula is C17H23N3O. The van der Waals surface area contributed by atoms with Crippen molar-refractivity contribution in [3.63, 3.8) is 0 Å². The van der Waals surface area contributed by atoms with E-state index in [9.17, 15) is 0 Å². The molecule has 1 N–H and O–H groups in total. The lowest BCUT2D eigenvalue weighted by Crippen LogP contribution is -2.13. The highest BCUT2D eigenvalue weighted by atomic mass is 16.5. The van der Waals surface area contributed by atoms with E-state index in [-0.39, 0.29) is 0 Å². The summed E-state index contributed by atoms with van der Waals surface area (Å²) in [4.78, 5) is 8.67. The molecule has 21 heavy (non-hydrogen) atoms. The van der Waals surface area contributed by atoms with Crippen molar-refractivity contribution < 1.29 is 4.74 Å². The summed E-state index contributed by atoms with van der Waals surface area (Å²) in [7, 11) is 0. The molecule has 0 atom stereocenters. The molecule has 1 aromatic carbocycles. The second-order valence-electron chi connectivity index (χ2n) is 5.41. The second-order valence-corrected chi connectivity index (χ2v) is 5.41. The Morgan fingerprint density at radius 3 is 2.76 bits per heavy atom. The third-order valence-electron chi connectivity index (χ3n) is 3.31. The molecular weight excluding hydrogens is 262 g/mol. The van der Waals surface area contributed by atoms with Crippen LogP contribution in [0.25, 0.3) is 0 Å². The number of ether oxygens (including phenoxy) is 1. The van der Waals surface area contributed by atoms with Gasteiger partial charge < -0.3 is 10.1 Å². The van der Waals surface area contributed by atoms with Gasteiger partial charge in [-0.3, -0.25) is 4.98 Å². The molecule has 0 radical (unpaired) electrons. The first-order valence-electron chi connectivity index (χ1n) is 7.40. The summed E-state index contributed by atoms with van der Waals surface area (Å²) < 4.78 is 5.92. The van der Waals surface area contributed by atoms with Crippen LogP contribution in [-0.4, -0.2) is 16.5 Å². The van der Waals surface area contributed by atoms with Crippen LogP contribution in [-0.2, 0) is 6.54 Å². The Balaban J connectivity index is 2.19. The van der Waals surface area contributed by atoms with Gasteiger partial charge in [0.15, 0.2) is 0 Å². The van der Waals surface area contributed by atoms with Crippen molar-refractivity contribution in [1.29, 1.82) is 0 Å². The van der Waals surface area contributed by atoms with Crippen molar-refractivity contribution in [3.8, 4) is 11.6 Å². The molecule has 112 valence electrons. The van der Waals surface area contributed by atoms with E-state index in [1.807, 2.05) is 6.92 Å². The van der Waals surface area contributed by atoms with Crippen molar-refractivity contribution in [2.24, 2.45) is 0 Å². The minimum atomic E-state index is 0.471. The van der Waals surface area contributed by atoms with Gasteiger partial charge in [-0.25, -0.2) is 4.98 Å². The summed E-state index contributed by atoms with van der Waals surface area (Å²) in [6.45, 7) is 10.1. The monoisotopic (exact) mass is 285 g/mol. The summed E-state index contributed by atoms with van der Waals surface area (Å²) >= 11 is 0. The summed E-state index contributed by atoms with van der Waals surface area (Å²) in [6, 6.07) is 6.30. The third kappa shape index (κ3) is 4.26. The summed E-state index contributed by atoms with van der Waals surface area (Å²) in [5, 5.41) is 3.23. The number of nitrogens with one attached hydrogen (secondary N) is 1. The number of benzene rings is 1.